The molecule has 1 aromatic heterocycles. The lowest BCUT2D eigenvalue weighted by Gasteiger charge is -2.10. The fourth-order valence-corrected chi connectivity index (χ4v) is 3.61. The Morgan fingerprint density at radius 2 is 1.54 bits per heavy atom. The summed E-state index contributed by atoms with van der Waals surface area (Å²) in [6.45, 7) is 0. The monoisotopic (exact) mass is 336 g/mol. The Labute approximate surface area is 152 Å². The van der Waals surface area contributed by atoms with E-state index in [-0.39, 0.29) is 5.70 Å². The number of hydrogen-bond donors (Lipinski definition) is 0. The summed E-state index contributed by atoms with van der Waals surface area (Å²) >= 11 is 0. The summed E-state index contributed by atoms with van der Waals surface area (Å²) in [6, 6.07) is 21.9. The van der Waals surface area contributed by atoms with Crippen LogP contribution >= 0.6 is 0 Å². The summed E-state index contributed by atoms with van der Waals surface area (Å²) in [5.74, 6) is 2.00. The van der Waals surface area contributed by atoms with Crippen molar-refractivity contribution in [3.63, 3.8) is 0 Å². The summed E-state index contributed by atoms with van der Waals surface area (Å²) < 4.78 is 1.53. The zero-order chi connectivity index (χ0) is 17.9. The number of nitriles is 1. The van der Waals surface area contributed by atoms with E-state index in [4.69, 9.17) is 5.10 Å². The van der Waals surface area contributed by atoms with E-state index in [9.17, 15) is 10.7 Å². The number of aromatic nitrogens is 2. The van der Waals surface area contributed by atoms with Crippen LogP contribution in [0.25, 0.3) is 33.6 Å². The van der Waals surface area contributed by atoms with Crippen molar-refractivity contribution in [2.45, 2.75) is 19.3 Å². The van der Waals surface area contributed by atoms with Gasteiger partial charge in [0.1, 0.15) is 5.69 Å². The lowest BCUT2D eigenvalue weighted by atomic mass is 9.98. The van der Waals surface area contributed by atoms with E-state index in [0.29, 0.717) is 0 Å². The molecule has 1 aliphatic rings. The molecule has 0 spiro atoms. The highest BCUT2D eigenvalue weighted by Crippen LogP contribution is 2.35. The molecule has 2 aromatic carbocycles. The predicted octanol–water partition coefficient (Wildman–Crippen LogP) is 3.80. The molecule has 4 rings (SSSR count). The minimum absolute atomic E-state index is 0.0178. The number of hydrogen-bond acceptors (Lipinski definition) is 2. The van der Waals surface area contributed by atoms with Crippen LogP contribution in [0.3, 0.4) is 0 Å². The first-order valence-corrected chi connectivity index (χ1v) is 8.60. The standard InChI is InChI=1S/C22H16N4/c23-14-18(15-24)26-22(17-10-5-2-6-11-17)20-13-7-12-19(20)21(25-26)16-8-3-1-4-9-16/h1-6,8-11H,7,12-13H2. The molecule has 0 fully saturated rings. The van der Waals surface area contributed by atoms with Crippen molar-refractivity contribution in [3.05, 3.63) is 77.2 Å². The SMILES string of the molecule is N#CC(=C=[N-])[n+]1nc(-c2ccccc2)c2c(c1-c1ccccc1)CCC2. The van der Waals surface area contributed by atoms with Gasteiger partial charge in [0.25, 0.3) is 5.69 Å². The summed E-state index contributed by atoms with van der Waals surface area (Å²) in [7, 11) is 0. The second kappa shape index (κ2) is 6.76. The van der Waals surface area contributed by atoms with Gasteiger partial charge in [-0.3, -0.25) is 0 Å². The van der Waals surface area contributed by atoms with Crippen molar-refractivity contribution in [2.24, 2.45) is 0 Å². The van der Waals surface area contributed by atoms with E-state index >= 15 is 0 Å². The van der Waals surface area contributed by atoms with Gasteiger partial charge in [0, 0.05) is 21.8 Å². The van der Waals surface area contributed by atoms with Gasteiger partial charge in [0.2, 0.25) is 0 Å². The van der Waals surface area contributed by atoms with Crippen molar-refractivity contribution in [1.29, 1.82) is 5.26 Å². The fraction of sp³-hybridized carbons (Fsp3) is 0.136. The Balaban J connectivity index is 2.09. The van der Waals surface area contributed by atoms with Crippen LogP contribution in [0, 0.1) is 11.3 Å². The molecule has 0 amide bonds. The molecule has 4 nitrogen and oxygen atoms in total. The number of allylic oxidation sites excluding steroid dienone is 1. The molecule has 0 radical (unpaired) electrons. The quantitative estimate of drug-likeness (QED) is 0.415. The molecule has 3 aromatic rings. The van der Waals surface area contributed by atoms with Gasteiger partial charge in [0.15, 0.2) is 6.07 Å². The van der Waals surface area contributed by atoms with E-state index in [1.807, 2.05) is 72.6 Å². The molecular weight excluding hydrogens is 320 g/mol. The molecular formula is C22H16N4. The molecule has 26 heavy (non-hydrogen) atoms. The molecule has 0 saturated heterocycles. The first-order valence-electron chi connectivity index (χ1n) is 8.60. The number of benzene rings is 2. The minimum atomic E-state index is -0.0178. The molecule has 124 valence electrons. The van der Waals surface area contributed by atoms with Gasteiger partial charge >= 0.3 is 5.70 Å². The van der Waals surface area contributed by atoms with Gasteiger partial charge in [0.05, 0.1) is 0 Å². The van der Waals surface area contributed by atoms with E-state index in [1.165, 1.54) is 15.8 Å². The highest BCUT2D eigenvalue weighted by Gasteiger charge is 2.32. The van der Waals surface area contributed by atoms with E-state index in [1.54, 1.807) is 0 Å². The van der Waals surface area contributed by atoms with Crippen LogP contribution in [-0.4, -0.2) is 11.0 Å². The third-order valence-electron chi connectivity index (χ3n) is 4.72. The van der Waals surface area contributed by atoms with E-state index < -0.39 is 0 Å². The maximum absolute atomic E-state index is 9.49. The lowest BCUT2D eigenvalue weighted by molar-refractivity contribution is -0.629. The molecule has 1 heterocycles. The Hall–Kier alpha value is -3.54. The summed E-state index contributed by atoms with van der Waals surface area (Å²) in [4.78, 5) is 0. The van der Waals surface area contributed by atoms with Crippen molar-refractivity contribution >= 4 is 11.6 Å². The minimum Gasteiger partial charge on any atom is -0.757 e. The largest absolute Gasteiger partial charge is 0.757 e. The van der Waals surface area contributed by atoms with Crippen LogP contribution in [-0.2, 0) is 12.8 Å². The van der Waals surface area contributed by atoms with E-state index in [2.05, 4.69) is 0 Å². The molecule has 0 bridgehead atoms. The molecule has 0 unspecified atom stereocenters. The van der Waals surface area contributed by atoms with Crippen molar-refractivity contribution < 1.29 is 4.68 Å². The third-order valence-corrected chi connectivity index (χ3v) is 4.72. The Morgan fingerprint density at radius 1 is 0.923 bits per heavy atom. The Morgan fingerprint density at radius 3 is 2.15 bits per heavy atom. The summed E-state index contributed by atoms with van der Waals surface area (Å²) in [5, 5.41) is 23.7. The topological polar surface area (TPSA) is 62.9 Å². The van der Waals surface area contributed by atoms with Crippen LogP contribution in [0.4, 0.5) is 0 Å². The molecule has 0 atom stereocenters. The average molecular weight is 336 g/mol. The van der Waals surface area contributed by atoms with Gasteiger partial charge < -0.3 is 5.41 Å². The highest BCUT2D eigenvalue weighted by molar-refractivity contribution is 5.85. The first-order chi connectivity index (χ1) is 12.8. The molecule has 0 saturated carbocycles. The third kappa shape index (κ3) is 2.61. The van der Waals surface area contributed by atoms with Gasteiger partial charge in [-0.2, -0.15) is 11.1 Å². The van der Waals surface area contributed by atoms with Crippen molar-refractivity contribution in [1.82, 2.24) is 5.10 Å². The van der Waals surface area contributed by atoms with Gasteiger partial charge in [-0.25, -0.2) is 0 Å². The van der Waals surface area contributed by atoms with Crippen LogP contribution in [0.5, 0.6) is 0 Å². The van der Waals surface area contributed by atoms with Crippen LogP contribution in [0.2, 0.25) is 0 Å². The number of nitrogens with zero attached hydrogens (tertiary/aromatic N) is 4. The maximum atomic E-state index is 9.49. The molecule has 0 N–H and O–H groups in total. The molecule has 4 heteroatoms. The normalized spacial score (nSPS) is 12.1. The second-order valence-electron chi connectivity index (χ2n) is 6.22. The Kier molecular flexibility index (Phi) is 4.15. The summed E-state index contributed by atoms with van der Waals surface area (Å²) in [5.41, 5.74) is 6.09. The van der Waals surface area contributed by atoms with E-state index in [0.717, 1.165) is 41.8 Å². The zero-order valence-corrected chi connectivity index (χ0v) is 14.2. The maximum Gasteiger partial charge on any atom is 0.336 e. The highest BCUT2D eigenvalue weighted by atomic mass is 15.3. The molecule has 0 aliphatic heterocycles. The summed E-state index contributed by atoms with van der Waals surface area (Å²) in [6.07, 6.45) is 2.93. The van der Waals surface area contributed by atoms with Gasteiger partial charge in [-0.15, -0.1) is 0 Å². The van der Waals surface area contributed by atoms with Gasteiger partial charge in [-0.05, 0) is 41.6 Å². The fourth-order valence-electron chi connectivity index (χ4n) is 3.61. The van der Waals surface area contributed by atoms with Crippen LogP contribution in [0.15, 0.2) is 60.7 Å². The van der Waals surface area contributed by atoms with Gasteiger partial charge in [-0.1, -0.05) is 48.5 Å². The molecule has 1 aliphatic carbocycles. The van der Waals surface area contributed by atoms with Crippen LogP contribution in [0.1, 0.15) is 17.5 Å². The lowest BCUT2D eigenvalue weighted by Crippen LogP contribution is -2.41. The second-order valence-corrected chi connectivity index (χ2v) is 6.22. The van der Waals surface area contributed by atoms with Crippen LogP contribution < -0.4 is 4.68 Å². The van der Waals surface area contributed by atoms with Crippen molar-refractivity contribution in [3.8, 4) is 28.6 Å². The zero-order valence-electron chi connectivity index (χ0n) is 14.2. The number of rotatable bonds is 3. The first kappa shape index (κ1) is 16.0. The van der Waals surface area contributed by atoms with Crippen molar-refractivity contribution in [2.75, 3.05) is 0 Å². The smallest absolute Gasteiger partial charge is 0.336 e. The number of fused-ring (bicyclic) bond motifs is 1. The Bertz CT molecular complexity index is 1060. The average Bonchev–Trinajstić information content (AvgIpc) is 3.19. The predicted molar refractivity (Wildman–Crippen MR) is 101 cm³/mol.